The van der Waals surface area contributed by atoms with Gasteiger partial charge in [0.05, 0.1) is 29.0 Å². The number of aryl methyl sites for hydroxylation is 1. The van der Waals surface area contributed by atoms with E-state index in [4.69, 9.17) is 33.7 Å². The van der Waals surface area contributed by atoms with Crippen molar-refractivity contribution in [2.75, 3.05) is 12.8 Å². The normalized spacial score (nSPS) is 10.6. The van der Waals surface area contributed by atoms with Crippen LogP contribution in [0.15, 0.2) is 18.3 Å². The molecular weight excluding hydrogens is 301 g/mol. The van der Waals surface area contributed by atoms with Crippen LogP contribution in [-0.4, -0.2) is 22.7 Å². The van der Waals surface area contributed by atoms with E-state index in [1.165, 1.54) is 25.4 Å². The van der Waals surface area contributed by atoms with E-state index in [1.807, 2.05) is 6.92 Å². The zero-order valence-corrected chi connectivity index (χ0v) is 12.5. The molecule has 2 rings (SSSR count). The fourth-order valence-corrected chi connectivity index (χ4v) is 2.33. The van der Waals surface area contributed by atoms with Gasteiger partial charge in [0.15, 0.2) is 11.4 Å². The van der Waals surface area contributed by atoms with Gasteiger partial charge in [0.1, 0.15) is 0 Å². The van der Waals surface area contributed by atoms with Gasteiger partial charge in [-0.05, 0) is 19.1 Å². The number of hydrogen-bond acceptors (Lipinski definition) is 4. The average Bonchev–Trinajstić information content (AvgIpc) is 2.86. The lowest BCUT2D eigenvalue weighted by molar-refractivity contribution is 0.102. The van der Waals surface area contributed by atoms with Crippen molar-refractivity contribution in [3.05, 3.63) is 39.6 Å². The smallest absolute Gasteiger partial charge is 0.214 e. The van der Waals surface area contributed by atoms with Crippen molar-refractivity contribution in [3.63, 3.8) is 0 Å². The van der Waals surface area contributed by atoms with Crippen molar-refractivity contribution in [1.82, 2.24) is 9.78 Å². The first-order valence-electron chi connectivity index (χ1n) is 5.88. The van der Waals surface area contributed by atoms with Crippen molar-refractivity contribution in [1.29, 1.82) is 0 Å². The predicted molar refractivity (Wildman–Crippen MR) is 78.8 cm³/mol. The summed E-state index contributed by atoms with van der Waals surface area (Å²) >= 11 is 11.9. The Morgan fingerprint density at radius 3 is 2.50 bits per heavy atom. The van der Waals surface area contributed by atoms with Crippen LogP contribution in [0.25, 0.3) is 0 Å². The third-order valence-corrected chi connectivity index (χ3v) is 3.51. The van der Waals surface area contributed by atoms with Crippen LogP contribution in [-0.2, 0) is 6.54 Å². The van der Waals surface area contributed by atoms with Crippen LogP contribution in [0.3, 0.4) is 0 Å². The molecule has 0 radical (unpaired) electrons. The lowest BCUT2D eigenvalue weighted by Crippen LogP contribution is -2.12. The number of rotatable bonds is 4. The molecule has 0 spiro atoms. The molecule has 0 aliphatic heterocycles. The number of ketones is 1. The van der Waals surface area contributed by atoms with E-state index in [-0.39, 0.29) is 21.5 Å². The molecule has 0 saturated carbocycles. The first-order chi connectivity index (χ1) is 9.49. The topological polar surface area (TPSA) is 70.1 Å². The van der Waals surface area contributed by atoms with Gasteiger partial charge in [0, 0.05) is 12.1 Å². The maximum atomic E-state index is 12.6. The quantitative estimate of drug-likeness (QED) is 0.695. The van der Waals surface area contributed by atoms with Gasteiger partial charge < -0.3 is 10.5 Å². The zero-order valence-electron chi connectivity index (χ0n) is 11.0. The van der Waals surface area contributed by atoms with E-state index >= 15 is 0 Å². The van der Waals surface area contributed by atoms with Crippen molar-refractivity contribution in [3.8, 4) is 5.75 Å². The number of methoxy groups -OCH3 is 1. The van der Waals surface area contributed by atoms with Gasteiger partial charge in [-0.2, -0.15) is 5.10 Å². The van der Waals surface area contributed by atoms with Crippen LogP contribution < -0.4 is 10.5 Å². The lowest BCUT2D eigenvalue weighted by atomic mass is 10.1. The third kappa shape index (κ3) is 2.46. The highest BCUT2D eigenvalue weighted by Crippen LogP contribution is 2.31. The number of hydrogen-bond donors (Lipinski definition) is 1. The number of aromatic nitrogens is 2. The Bertz CT molecular complexity index is 623. The number of nitrogens with two attached hydrogens (primary N) is 1. The third-order valence-electron chi connectivity index (χ3n) is 2.88. The van der Waals surface area contributed by atoms with E-state index in [9.17, 15) is 4.79 Å². The molecule has 0 amide bonds. The molecular formula is C13H13Cl2N3O2. The van der Waals surface area contributed by atoms with Crippen LogP contribution in [0.5, 0.6) is 5.75 Å². The molecule has 106 valence electrons. The number of ether oxygens (including phenoxy) is 1. The summed E-state index contributed by atoms with van der Waals surface area (Å²) in [7, 11) is 1.48. The number of benzene rings is 1. The Morgan fingerprint density at radius 1 is 1.40 bits per heavy atom. The standard InChI is InChI=1S/C13H13Cl2N3O2/c1-3-18-12(10(20-2)6-17-18)13(19)7-4-8(14)11(16)9(15)5-7/h4-6H,3,16H2,1-2H3. The second-order valence-electron chi connectivity index (χ2n) is 4.06. The van der Waals surface area contributed by atoms with Crippen LogP contribution in [0.2, 0.25) is 10.0 Å². The first-order valence-corrected chi connectivity index (χ1v) is 6.64. The monoisotopic (exact) mass is 313 g/mol. The lowest BCUT2D eigenvalue weighted by Gasteiger charge is -2.08. The number of carbonyl (C=O) groups excluding carboxylic acids is 1. The molecule has 1 aromatic carbocycles. The molecule has 2 aromatic rings. The minimum atomic E-state index is -0.273. The van der Waals surface area contributed by atoms with Crippen LogP contribution in [0, 0.1) is 0 Å². The highest BCUT2D eigenvalue weighted by atomic mass is 35.5. The van der Waals surface area contributed by atoms with Gasteiger partial charge >= 0.3 is 0 Å². The number of nitrogen functional groups attached to an aromatic ring is 1. The molecule has 2 N–H and O–H groups in total. The van der Waals surface area contributed by atoms with Gasteiger partial charge in [-0.25, -0.2) is 0 Å². The summed E-state index contributed by atoms with van der Waals surface area (Å²) in [5, 5.41) is 4.57. The fourth-order valence-electron chi connectivity index (χ4n) is 1.84. The first kappa shape index (κ1) is 14.7. The minimum absolute atomic E-state index is 0.238. The Hall–Kier alpha value is -1.72. The van der Waals surface area contributed by atoms with E-state index in [1.54, 1.807) is 4.68 Å². The van der Waals surface area contributed by atoms with Crippen molar-refractivity contribution in [2.24, 2.45) is 0 Å². The Morgan fingerprint density at radius 2 is 2.00 bits per heavy atom. The minimum Gasteiger partial charge on any atom is -0.493 e. The molecule has 1 aromatic heterocycles. The maximum absolute atomic E-state index is 12.6. The second-order valence-corrected chi connectivity index (χ2v) is 4.87. The summed E-state index contributed by atoms with van der Waals surface area (Å²) in [5.41, 5.74) is 6.60. The Kier molecular flexibility index (Phi) is 4.20. The summed E-state index contributed by atoms with van der Waals surface area (Å²) in [5.74, 6) is 0.130. The van der Waals surface area contributed by atoms with Crippen LogP contribution in [0.1, 0.15) is 23.0 Å². The van der Waals surface area contributed by atoms with E-state index in [0.29, 0.717) is 23.6 Å². The SMILES string of the molecule is CCn1ncc(OC)c1C(=O)c1cc(Cl)c(N)c(Cl)c1. The van der Waals surface area contributed by atoms with E-state index in [2.05, 4.69) is 5.10 Å². The molecule has 5 nitrogen and oxygen atoms in total. The fraction of sp³-hybridized carbons (Fsp3) is 0.231. The van der Waals surface area contributed by atoms with Gasteiger partial charge in [0.2, 0.25) is 5.78 Å². The molecule has 20 heavy (non-hydrogen) atoms. The molecule has 0 unspecified atom stereocenters. The Balaban J connectivity index is 2.54. The highest BCUT2D eigenvalue weighted by Gasteiger charge is 2.21. The number of carbonyl (C=O) groups is 1. The van der Waals surface area contributed by atoms with Crippen molar-refractivity contribution < 1.29 is 9.53 Å². The maximum Gasteiger partial charge on any atom is 0.214 e. The largest absolute Gasteiger partial charge is 0.493 e. The number of halogens is 2. The molecule has 0 bridgehead atoms. The molecule has 0 aliphatic rings. The van der Waals surface area contributed by atoms with Gasteiger partial charge in [-0.1, -0.05) is 23.2 Å². The summed E-state index contributed by atoms with van der Waals surface area (Å²) in [6.07, 6.45) is 1.50. The summed E-state index contributed by atoms with van der Waals surface area (Å²) in [6.45, 7) is 2.42. The van der Waals surface area contributed by atoms with E-state index < -0.39 is 0 Å². The van der Waals surface area contributed by atoms with Crippen molar-refractivity contribution in [2.45, 2.75) is 13.5 Å². The molecule has 0 fully saturated rings. The summed E-state index contributed by atoms with van der Waals surface area (Å²) in [6, 6.07) is 2.97. The number of nitrogens with zero attached hydrogens (tertiary/aromatic N) is 2. The predicted octanol–water partition coefficient (Wildman–Crippen LogP) is 3.03. The average molecular weight is 314 g/mol. The zero-order chi connectivity index (χ0) is 14.9. The molecule has 7 heteroatoms. The molecule has 0 aliphatic carbocycles. The van der Waals surface area contributed by atoms with Gasteiger partial charge in [-0.3, -0.25) is 9.48 Å². The van der Waals surface area contributed by atoms with Gasteiger partial charge in [0.25, 0.3) is 0 Å². The summed E-state index contributed by atoms with van der Waals surface area (Å²) in [4.78, 5) is 12.6. The second kappa shape index (κ2) is 5.73. The number of anilines is 1. The Labute approximate surface area is 126 Å². The van der Waals surface area contributed by atoms with Crippen molar-refractivity contribution >= 4 is 34.7 Å². The van der Waals surface area contributed by atoms with Crippen LogP contribution in [0.4, 0.5) is 5.69 Å². The molecule has 1 heterocycles. The molecule has 0 atom stereocenters. The van der Waals surface area contributed by atoms with Gasteiger partial charge in [-0.15, -0.1) is 0 Å². The molecule has 0 saturated heterocycles. The van der Waals surface area contributed by atoms with Crippen LogP contribution >= 0.6 is 23.2 Å². The van der Waals surface area contributed by atoms with E-state index in [0.717, 1.165) is 0 Å². The summed E-state index contributed by atoms with van der Waals surface area (Å²) < 4.78 is 6.71. The highest BCUT2D eigenvalue weighted by molar-refractivity contribution is 6.39.